The standard InChI is InChI=1S/C21H19NO3S/c1-16(22-25-26(2,23)24)17-8-10-20(11-9-17)21-14-12-19(13-15-21)18-6-4-3-5-7-18/h3-15H,1-2H3. The van der Waals surface area contributed by atoms with Crippen molar-refractivity contribution in [1.82, 2.24) is 0 Å². The Morgan fingerprint density at radius 3 is 1.62 bits per heavy atom. The summed E-state index contributed by atoms with van der Waals surface area (Å²) < 4.78 is 26.5. The van der Waals surface area contributed by atoms with Crippen molar-refractivity contribution in [2.24, 2.45) is 5.16 Å². The lowest BCUT2D eigenvalue weighted by atomic mass is 9.99. The molecule has 132 valence electrons. The SMILES string of the molecule is CC(=NOS(C)(=O)=O)c1ccc(-c2ccc(-c3ccccc3)cc2)cc1. The van der Waals surface area contributed by atoms with Crippen LogP contribution in [0.4, 0.5) is 0 Å². The number of hydrogen-bond acceptors (Lipinski definition) is 4. The van der Waals surface area contributed by atoms with Crippen LogP contribution in [0.2, 0.25) is 0 Å². The van der Waals surface area contributed by atoms with E-state index in [0.717, 1.165) is 22.9 Å². The molecule has 3 aromatic rings. The number of nitrogens with zero attached hydrogens (tertiary/aromatic N) is 1. The van der Waals surface area contributed by atoms with Crippen molar-refractivity contribution in [2.75, 3.05) is 6.26 Å². The van der Waals surface area contributed by atoms with Gasteiger partial charge in [0.05, 0.1) is 12.0 Å². The highest BCUT2D eigenvalue weighted by molar-refractivity contribution is 7.85. The number of hydrogen-bond donors (Lipinski definition) is 0. The van der Waals surface area contributed by atoms with Crippen molar-refractivity contribution < 1.29 is 12.7 Å². The summed E-state index contributed by atoms with van der Waals surface area (Å²) in [4.78, 5) is 0. The smallest absolute Gasteiger partial charge is 0.268 e. The summed E-state index contributed by atoms with van der Waals surface area (Å²) in [7, 11) is -3.59. The molecule has 0 amide bonds. The average molecular weight is 365 g/mol. The molecule has 4 nitrogen and oxygen atoms in total. The number of oxime groups is 1. The first-order valence-corrected chi connectivity index (χ1v) is 9.93. The molecule has 0 atom stereocenters. The summed E-state index contributed by atoms with van der Waals surface area (Å²) in [6.07, 6.45) is 0.964. The molecule has 3 aromatic carbocycles. The van der Waals surface area contributed by atoms with E-state index in [-0.39, 0.29) is 0 Å². The summed E-state index contributed by atoms with van der Waals surface area (Å²) in [5.41, 5.74) is 5.85. The molecular formula is C21H19NO3S. The maximum atomic E-state index is 11.0. The molecule has 0 aliphatic carbocycles. The zero-order valence-electron chi connectivity index (χ0n) is 14.6. The van der Waals surface area contributed by atoms with Crippen LogP contribution in [0.3, 0.4) is 0 Å². The fraction of sp³-hybridized carbons (Fsp3) is 0.0952. The van der Waals surface area contributed by atoms with Gasteiger partial charge in [0.15, 0.2) is 0 Å². The Labute approximate surface area is 153 Å². The normalized spacial score (nSPS) is 12.0. The van der Waals surface area contributed by atoms with Crippen LogP contribution in [-0.2, 0) is 14.4 Å². The molecule has 0 heterocycles. The van der Waals surface area contributed by atoms with E-state index in [1.165, 1.54) is 11.1 Å². The fourth-order valence-corrected chi connectivity index (χ4v) is 2.81. The minimum atomic E-state index is -3.59. The summed E-state index contributed by atoms with van der Waals surface area (Å²) in [5, 5.41) is 3.64. The van der Waals surface area contributed by atoms with Crippen LogP contribution in [0.1, 0.15) is 12.5 Å². The summed E-state index contributed by atoms with van der Waals surface area (Å²) in [5.74, 6) is 0. The van der Waals surface area contributed by atoms with Crippen LogP contribution in [-0.4, -0.2) is 20.4 Å². The van der Waals surface area contributed by atoms with Gasteiger partial charge in [0, 0.05) is 0 Å². The van der Waals surface area contributed by atoms with Crippen LogP contribution < -0.4 is 0 Å². The molecule has 0 saturated heterocycles. The quantitative estimate of drug-likeness (QED) is 0.485. The van der Waals surface area contributed by atoms with E-state index >= 15 is 0 Å². The second-order valence-corrected chi connectivity index (χ2v) is 7.53. The van der Waals surface area contributed by atoms with Crippen LogP contribution in [0.25, 0.3) is 22.3 Å². The van der Waals surface area contributed by atoms with Crippen molar-refractivity contribution in [3.8, 4) is 22.3 Å². The first-order valence-electron chi connectivity index (χ1n) is 8.12. The maximum absolute atomic E-state index is 11.0. The van der Waals surface area contributed by atoms with E-state index in [2.05, 4.69) is 45.8 Å². The molecule has 0 spiro atoms. The van der Waals surface area contributed by atoms with Gasteiger partial charge in [-0.25, -0.2) is 0 Å². The zero-order chi connectivity index (χ0) is 18.6. The van der Waals surface area contributed by atoms with Crippen molar-refractivity contribution in [3.05, 3.63) is 84.4 Å². The molecule has 5 heteroatoms. The molecule has 3 rings (SSSR count). The van der Waals surface area contributed by atoms with E-state index in [0.29, 0.717) is 5.71 Å². The Kier molecular flexibility index (Phi) is 5.19. The van der Waals surface area contributed by atoms with Crippen molar-refractivity contribution in [2.45, 2.75) is 6.92 Å². The second-order valence-electron chi connectivity index (χ2n) is 5.98. The molecule has 0 aromatic heterocycles. The maximum Gasteiger partial charge on any atom is 0.325 e. The van der Waals surface area contributed by atoms with Gasteiger partial charge in [-0.1, -0.05) is 84.0 Å². The van der Waals surface area contributed by atoms with Gasteiger partial charge >= 0.3 is 10.1 Å². The van der Waals surface area contributed by atoms with E-state index in [9.17, 15) is 8.42 Å². The van der Waals surface area contributed by atoms with E-state index in [4.69, 9.17) is 0 Å². The highest BCUT2D eigenvalue weighted by Crippen LogP contribution is 2.25. The molecule has 0 aliphatic rings. The minimum Gasteiger partial charge on any atom is -0.268 e. The Morgan fingerprint density at radius 2 is 1.15 bits per heavy atom. The molecule has 0 fully saturated rings. The Balaban J connectivity index is 1.78. The monoisotopic (exact) mass is 365 g/mol. The Bertz CT molecular complexity index is 1010. The molecule has 0 saturated carbocycles. The van der Waals surface area contributed by atoms with E-state index in [1.807, 2.05) is 42.5 Å². The molecule has 0 radical (unpaired) electrons. The summed E-state index contributed by atoms with van der Waals surface area (Å²) in [6.45, 7) is 1.70. The van der Waals surface area contributed by atoms with Crippen LogP contribution >= 0.6 is 0 Å². The topological polar surface area (TPSA) is 55.7 Å². The third-order valence-electron chi connectivity index (χ3n) is 3.94. The minimum absolute atomic E-state index is 0.501. The lowest BCUT2D eigenvalue weighted by Gasteiger charge is -2.06. The van der Waals surface area contributed by atoms with Gasteiger partial charge in [0.25, 0.3) is 0 Å². The molecule has 0 bridgehead atoms. The third kappa shape index (κ3) is 4.58. The number of benzene rings is 3. The number of rotatable bonds is 5. The van der Waals surface area contributed by atoms with Crippen LogP contribution in [0.15, 0.2) is 84.0 Å². The van der Waals surface area contributed by atoms with Gasteiger partial charge in [0.1, 0.15) is 0 Å². The van der Waals surface area contributed by atoms with Gasteiger partial charge in [-0.05, 0) is 34.7 Å². The van der Waals surface area contributed by atoms with Gasteiger partial charge < -0.3 is 0 Å². The predicted molar refractivity (Wildman–Crippen MR) is 105 cm³/mol. The first kappa shape index (κ1) is 17.9. The molecule has 0 aliphatic heterocycles. The average Bonchev–Trinajstić information content (AvgIpc) is 2.66. The van der Waals surface area contributed by atoms with E-state index < -0.39 is 10.1 Å². The second kappa shape index (κ2) is 7.54. The predicted octanol–water partition coefficient (Wildman–Crippen LogP) is 4.72. The Morgan fingerprint density at radius 1 is 0.731 bits per heavy atom. The molecular weight excluding hydrogens is 346 g/mol. The molecule has 0 N–H and O–H groups in total. The van der Waals surface area contributed by atoms with Crippen molar-refractivity contribution >= 4 is 15.8 Å². The fourth-order valence-electron chi connectivity index (χ4n) is 2.57. The zero-order valence-corrected chi connectivity index (χ0v) is 15.4. The highest BCUT2D eigenvalue weighted by atomic mass is 32.2. The molecule has 26 heavy (non-hydrogen) atoms. The molecule has 0 unspecified atom stereocenters. The van der Waals surface area contributed by atoms with Crippen molar-refractivity contribution in [3.63, 3.8) is 0 Å². The van der Waals surface area contributed by atoms with Crippen LogP contribution in [0.5, 0.6) is 0 Å². The summed E-state index contributed by atoms with van der Waals surface area (Å²) >= 11 is 0. The summed E-state index contributed by atoms with van der Waals surface area (Å²) in [6, 6.07) is 26.4. The third-order valence-corrected chi connectivity index (χ3v) is 4.28. The highest BCUT2D eigenvalue weighted by Gasteiger charge is 2.04. The lowest BCUT2D eigenvalue weighted by Crippen LogP contribution is -2.01. The van der Waals surface area contributed by atoms with Gasteiger partial charge in [0.2, 0.25) is 0 Å². The van der Waals surface area contributed by atoms with Crippen molar-refractivity contribution in [1.29, 1.82) is 0 Å². The van der Waals surface area contributed by atoms with Gasteiger partial charge in [-0.15, -0.1) is 0 Å². The van der Waals surface area contributed by atoms with Gasteiger partial charge in [-0.3, -0.25) is 4.28 Å². The lowest BCUT2D eigenvalue weighted by molar-refractivity contribution is 0.343. The van der Waals surface area contributed by atoms with Gasteiger partial charge in [-0.2, -0.15) is 8.42 Å². The first-order chi connectivity index (χ1) is 12.4. The largest absolute Gasteiger partial charge is 0.325 e. The van der Waals surface area contributed by atoms with E-state index in [1.54, 1.807) is 6.92 Å². The van der Waals surface area contributed by atoms with Crippen LogP contribution in [0, 0.1) is 0 Å². The Hall–Kier alpha value is -2.92.